The second-order valence-electron chi connectivity index (χ2n) is 6.54. The molecule has 0 heterocycles. The molecule has 1 saturated carbocycles. The minimum absolute atomic E-state index is 0.0613. The van der Waals surface area contributed by atoms with E-state index in [-0.39, 0.29) is 17.7 Å². The first kappa shape index (κ1) is 16.7. The smallest absolute Gasteiger partial charge is 0.316 e. The average Bonchev–Trinajstić information content (AvgIpc) is 2.47. The Kier molecular flexibility index (Phi) is 5.38. The lowest BCUT2D eigenvalue weighted by atomic mass is 9.75. The number of Topliss-reactive ketones (excluding diaryl/α,β-unsaturated/α-hetero) is 1. The van der Waals surface area contributed by atoms with Gasteiger partial charge in [0.25, 0.3) is 0 Å². The van der Waals surface area contributed by atoms with Gasteiger partial charge < -0.3 is 4.74 Å². The number of hydrogen-bond acceptors (Lipinski definition) is 3. The minimum Gasteiger partial charge on any atom is -0.468 e. The first-order valence-corrected chi connectivity index (χ1v) is 8.15. The fraction of sp³-hybridized carbons (Fsp3) is 0.579. The van der Waals surface area contributed by atoms with Crippen molar-refractivity contribution in [2.45, 2.75) is 52.9 Å². The fourth-order valence-electron chi connectivity index (χ4n) is 3.83. The summed E-state index contributed by atoms with van der Waals surface area (Å²) in [7, 11) is 1.38. The summed E-state index contributed by atoms with van der Waals surface area (Å²) >= 11 is 0. The lowest BCUT2D eigenvalue weighted by molar-refractivity contribution is -0.145. The number of aryl methyl sites for hydroxylation is 3. The standard InChI is InChI=1S/C19H26O3/c1-12-10-13(2)16(14(3)11-12)18(20)17(19(21)22-4)15-8-6-5-7-9-15/h10-11,15,17H,5-9H2,1-4H3. The van der Waals surface area contributed by atoms with E-state index < -0.39 is 5.92 Å². The highest BCUT2D eigenvalue weighted by Crippen LogP contribution is 2.34. The summed E-state index contributed by atoms with van der Waals surface area (Å²) in [6.07, 6.45) is 5.26. The van der Waals surface area contributed by atoms with Crippen LogP contribution in [0, 0.1) is 32.6 Å². The van der Waals surface area contributed by atoms with E-state index in [1.165, 1.54) is 13.5 Å². The highest BCUT2D eigenvalue weighted by atomic mass is 16.5. The van der Waals surface area contributed by atoms with Crippen LogP contribution in [0.3, 0.4) is 0 Å². The van der Waals surface area contributed by atoms with Gasteiger partial charge in [-0.3, -0.25) is 9.59 Å². The van der Waals surface area contributed by atoms with Gasteiger partial charge >= 0.3 is 5.97 Å². The summed E-state index contributed by atoms with van der Waals surface area (Å²) < 4.78 is 4.95. The number of methoxy groups -OCH3 is 1. The van der Waals surface area contributed by atoms with Crippen molar-refractivity contribution < 1.29 is 14.3 Å². The van der Waals surface area contributed by atoms with Crippen molar-refractivity contribution in [3.63, 3.8) is 0 Å². The van der Waals surface area contributed by atoms with E-state index in [1.807, 2.05) is 32.9 Å². The van der Waals surface area contributed by atoms with Crippen molar-refractivity contribution in [3.8, 4) is 0 Å². The van der Waals surface area contributed by atoms with Gasteiger partial charge in [0.15, 0.2) is 5.78 Å². The van der Waals surface area contributed by atoms with Crippen LogP contribution < -0.4 is 0 Å². The highest BCUT2D eigenvalue weighted by molar-refractivity contribution is 6.10. The molecule has 22 heavy (non-hydrogen) atoms. The van der Waals surface area contributed by atoms with Gasteiger partial charge in [0, 0.05) is 5.56 Å². The molecule has 0 saturated heterocycles. The fourth-order valence-corrected chi connectivity index (χ4v) is 3.83. The molecule has 0 amide bonds. The van der Waals surface area contributed by atoms with Crippen LogP contribution in [0.5, 0.6) is 0 Å². The molecule has 0 spiro atoms. The Labute approximate surface area is 133 Å². The zero-order valence-electron chi connectivity index (χ0n) is 14.1. The van der Waals surface area contributed by atoms with Crippen molar-refractivity contribution in [1.82, 2.24) is 0 Å². The van der Waals surface area contributed by atoms with Crippen LogP contribution in [-0.4, -0.2) is 18.9 Å². The van der Waals surface area contributed by atoms with Crippen LogP contribution in [0.1, 0.15) is 59.2 Å². The molecule has 2 rings (SSSR count). The number of benzene rings is 1. The number of carbonyl (C=O) groups is 2. The van der Waals surface area contributed by atoms with Crippen LogP contribution in [0.15, 0.2) is 12.1 Å². The Hall–Kier alpha value is -1.64. The van der Waals surface area contributed by atoms with Crippen LogP contribution >= 0.6 is 0 Å². The maximum Gasteiger partial charge on any atom is 0.316 e. The molecule has 1 unspecified atom stereocenters. The molecule has 1 aromatic rings. The van der Waals surface area contributed by atoms with Gasteiger partial charge in [-0.2, -0.15) is 0 Å². The quantitative estimate of drug-likeness (QED) is 0.476. The molecule has 1 aliphatic carbocycles. The minimum atomic E-state index is -0.648. The van der Waals surface area contributed by atoms with Crippen molar-refractivity contribution >= 4 is 11.8 Å². The highest BCUT2D eigenvalue weighted by Gasteiger charge is 2.37. The van der Waals surface area contributed by atoms with Gasteiger partial charge in [0.05, 0.1) is 7.11 Å². The Balaban J connectivity index is 2.39. The maximum atomic E-state index is 13.1. The van der Waals surface area contributed by atoms with E-state index in [0.29, 0.717) is 5.56 Å². The number of carbonyl (C=O) groups excluding carboxylic acids is 2. The predicted molar refractivity (Wildman–Crippen MR) is 87.1 cm³/mol. The summed E-state index contributed by atoms with van der Waals surface area (Å²) in [6, 6.07) is 4.02. The lowest BCUT2D eigenvalue weighted by Gasteiger charge is -2.28. The second-order valence-corrected chi connectivity index (χ2v) is 6.54. The zero-order valence-corrected chi connectivity index (χ0v) is 14.1. The molecule has 1 atom stereocenters. The molecule has 0 radical (unpaired) electrons. The molecular weight excluding hydrogens is 276 g/mol. The van der Waals surface area contributed by atoms with E-state index >= 15 is 0 Å². The summed E-state index contributed by atoms with van der Waals surface area (Å²) in [5.41, 5.74) is 3.74. The Bertz CT molecular complexity index is 545. The van der Waals surface area contributed by atoms with E-state index in [2.05, 4.69) is 0 Å². The van der Waals surface area contributed by atoms with Crippen LogP contribution in [-0.2, 0) is 9.53 Å². The summed E-state index contributed by atoms with van der Waals surface area (Å²) in [6.45, 7) is 5.91. The van der Waals surface area contributed by atoms with Crippen LogP contribution in [0.25, 0.3) is 0 Å². The number of rotatable bonds is 4. The number of esters is 1. The van der Waals surface area contributed by atoms with Crippen LogP contribution in [0.4, 0.5) is 0 Å². The summed E-state index contributed by atoms with van der Waals surface area (Å²) in [5, 5.41) is 0. The Morgan fingerprint density at radius 3 is 2.09 bits per heavy atom. The van der Waals surface area contributed by atoms with E-state index in [0.717, 1.165) is 42.4 Å². The maximum absolute atomic E-state index is 13.1. The van der Waals surface area contributed by atoms with Crippen molar-refractivity contribution in [2.24, 2.45) is 11.8 Å². The topological polar surface area (TPSA) is 43.4 Å². The molecule has 1 aromatic carbocycles. The molecule has 3 nitrogen and oxygen atoms in total. The molecular formula is C19H26O3. The largest absolute Gasteiger partial charge is 0.468 e. The van der Waals surface area contributed by atoms with Gasteiger partial charge in [-0.05, 0) is 50.7 Å². The predicted octanol–water partition coefficient (Wildman–Crippen LogP) is 4.16. The average molecular weight is 302 g/mol. The van der Waals surface area contributed by atoms with E-state index in [4.69, 9.17) is 4.74 Å². The Morgan fingerprint density at radius 2 is 1.59 bits per heavy atom. The third-order valence-electron chi connectivity index (χ3n) is 4.78. The first-order chi connectivity index (χ1) is 10.5. The van der Waals surface area contributed by atoms with E-state index in [1.54, 1.807) is 0 Å². The summed E-state index contributed by atoms with van der Waals surface area (Å²) in [4.78, 5) is 25.4. The number of hydrogen-bond donors (Lipinski definition) is 0. The van der Waals surface area contributed by atoms with Crippen LogP contribution in [0.2, 0.25) is 0 Å². The molecule has 0 bridgehead atoms. The molecule has 0 aliphatic heterocycles. The van der Waals surface area contributed by atoms with E-state index in [9.17, 15) is 9.59 Å². The second kappa shape index (κ2) is 7.08. The van der Waals surface area contributed by atoms with Gasteiger partial charge in [0.1, 0.15) is 5.92 Å². The van der Waals surface area contributed by atoms with Gasteiger partial charge in [-0.1, -0.05) is 37.0 Å². The molecule has 120 valence electrons. The first-order valence-electron chi connectivity index (χ1n) is 8.15. The third kappa shape index (κ3) is 3.40. The number of ether oxygens (including phenoxy) is 1. The lowest BCUT2D eigenvalue weighted by Crippen LogP contribution is -2.34. The molecule has 3 heteroatoms. The van der Waals surface area contributed by atoms with Crippen molar-refractivity contribution in [3.05, 3.63) is 34.4 Å². The van der Waals surface area contributed by atoms with Gasteiger partial charge in [-0.15, -0.1) is 0 Å². The molecule has 1 fully saturated rings. The van der Waals surface area contributed by atoms with Gasteiger partial charge in [-0.25, -0.2) is 0 Å². The van der Waals surface area contributed by atoms with Crippen molar-refractivity contribution in [1.29, 1.82) is 0 Å². The normalized spacial score (nSPS) is 17.1. The monoisotopic (exact) mass is 302 g/mol. The Morgan fingerprint density at radius 1 is 1.05 bits per heavy atom. The third-order valence-corrected chi connectivity index (χ3v) is 4.78. The number of ketones is 1. The molecule has 0 N–H and O–H groups in total. The molecule has 0 aromatic heterocycles. The summed E-state index contributed by atoms with van der Waals surface area (Å²) in [5.74, 6) is -0.968. The zero-order chi connectivity index (χ0) is 16.3. The van der Waals surface area contributed by atoms with Crippen molar-refractivity contribution in [2.75, 3.05) is 7.11 Å². The molecule has 1 aliphatic rings. The SMILES string of the molecule is COC(=O)C(C(=O)c1c(C)cc(C)cc1C)C1CCCCC1. The van der Waals surface area contributed by atoms with Gasteiger partial charge in [0.2, 0.25) is 0 Å².